The summed E-state index contributed by atoms with van der Waals surface area (Å²) in [5.74, 6) is -0.0193. The van der Waals surface area contributed by atoms with E-state index in [2.05, 4.69) is 10.6 Å². The molecule has 2 N–H and O–H groups in total. The maximum absolute atomic E-state index is 12.0. The molecule has 2 heterocycles. The Labute approximate surface area is 151 Å². The highest BCUT2D eigenvalue weighted by atomic mass is 16.3. The highest BCUT2D eigenvalue weighted by Crippen LogP contribution is 2.23. The monoisotopic (exact) mass is 355 g/mol. The lowest BCUT2D eigenvalue weighted by Crippen LogP contribution is -2.25. The smallest absolute Gasteiger partial charge is 0.286 e. The molecule has 1 aromatic carbocycles. The second kappa shape index (κ2) is 8.33. The first-order valence-corrected chi connectivity index (χ1v) is 8.65. The Kier molecular flexibility index (Phi) is 5.68. The van der Waals surface area contributed by atoms with E-state index in [1.807, 2.05) is 12.1 Å². The second-order valence-electron chi connectivity index (χ2n) is 6.08. The largest absolute Gasteiger partial charge is 0.459 e. The summed E-state index contributed by atoms with van der Waals surface area (Å²) in [4.78, 5) is 37.1. The summed E-state index contributed by atoms with van der Waals surface area (Å²) in [5.41, 5.74) is 1.54. The van der Waals surface area contributed by atoms with Crippen molar-refractivity contribution in [3.63, 3.8) is 0 Å². The van der Waals surface area contributed by atoms with E-state index in [1.54, 1.807) is 29.2 Å². The number of rotatable bonds is 7. The lowest BCUT2D eigenvalue weighted by Gasteiger charge is -2.16. The minimum Gasteiger partial charge on any atom is -0.459 e. The van der Waals surface area contributed by atoms with Crippen LogP contribution in [0.4, 0.5) is 11.4 Å². The van der Waals surface area contributed by atoms with Crippen LogP contribution < -0.4 is 15.5 Å². The zero-order valence-electron chi connectivity index (χ0n) is 14.4. The lowest BCUT2D eigenvalue weighted by atomic mass is 10.2. The fraction of sp³-hybridized carbons (Fsp3) is 0.316. The van der Waals surface area contributed by atoms with Crippen molar-refractivity contribution in [2.75, 3.05) is 23.3 Å². The molecule has 26 heavy (non-hydrogen) atoms. The van der Waals surface area contributed by atoms with Gasteiger partial charge >= 0.3 is 0 Å². The standard InChI is InChI=1S/C19H21N3O4/c23-17(5-1-11-20-19(25)16-4-3-13-26-16)21-14-7-9-15(10-8-14)22-12-2-6-18(22)24/h3-4,7-10,13H,1-2,5-6,11-12H2,(H,20,25)(H,21,23). The summed E-state index contributed by atoms with van der Waals surface area (Å²) in [6.45, 7) is 1.14. The van der Waals surface area contributed by atoms with Crippen molar-refractivity contribution in [1.82, 2.24) is 5.32 Å². The molecule has 7 heteroatoms. The maximum Gasteiger partial charge on any atom is 0.286 e. The zero-order valence-corrected chi connectivity index (χ0v) is 14.4. The number of nitrogens with zero attached hydrogens (tertiary/aromatic N) is 1. The van der Waals surface area contributed by atoms with Crippen LogP contribution in [0.1, 0.15) is 36.2 Å². The Morgan fingerprint density at radius 3 is 2.62 bits per heavy atom. The Bertz CT molecular complexity index is 769. The zero-order chi connectivity index (χ0) is 18.4. The number of furan rings is 1. The summed E-state index contributed by atoms with van der Waals surface area (Å²) in [5, 5.41) is 5.51. The van der Waals surface area contributed by atoms with Gasteiger partial charge in [0.1, 0.15) is 0 Å². The van der Waals surface area contributed by atoms with Crippen LogP contribution in [0.15, 0.2) is 47.1 Å². The fourth-order valence-electron chi connectivity index (χ4n) is 2.82. The van der Waals surface area contributed by atoms with Crippen molar-refractivity contribution in [2.45, 2.75) is 25.7 Å². The third-order valence-electron chi connectivity index (χ3n) is 4.15. The molecule has 0 saturated carbocycles. The lowest BCUT2D eigenvalue weighted by molar-refractivity contribution is -0.117. The molecule has 1 fully saturated rings. The first-order chi connectivity index (χ1) is 12.6. The molecule has 2 aromatic rings. The van der Waals surface area contributed by atoms with E-state index in [0.29, 0.717) is 31.5 Å². The average molecular weight is 355 g/mol. The van der Waals surface area contributed by atoms with Gasteiger partial charge in [-0.05, 0) is 49.2 Å². The van der Waals surface area contributed by atoms with Crippen LogP contribution in [-0.2, 0) is 9.59 Å². The van der Waals surface area contributed by atoms with Gasteiger partial charge in [-0.1, -0.05) is 0 Å². The first kappa shape index (κ1) is 17.7. The van der Waals surface area contributed by atoms with Crippen LogP contribution >= 0.6 is 0 Å². The average Bonchev–Trinajstić information content (AvgIpc) is 3.31. The molecular weight excluding hydrogens is 334 g/mol. The topological polar surface area (TPSA) is 91.7 Å². The van der Waals surface area contributed by atoms with E-state index in [4.69, 9.17) is 4.42 Å². The molecule has 0 radical (unpaired) electrons. The molecule has 1 aliphatic heterocycles. The van der Waals surface area contributed by atoms with Crippen molar-refractivity contribution < 1.29 is 18.8 Å². The molecule has 0 bridgehead atoms. The summed E-state index contributed by atoms with van der Waals surface area (Å²) in [6, 6.07) is 10.5. The van der Waals surface area contributed by atoms with E-state index in [1.165, 1.54) is 6.26 Å². The van der Waals surface area contributed by atoms with E-state index >= 15 is 0 Å². The van der Waals surface area contributed by atoms with E-state index in [9.17, 15) is 14.4 Å². The minimum atomic E-state index is -0.289. The molecule has 1 aliphatic rings. The van der Waals surface area contributed by atoms with Gasteiger partial charge in [0.25, 0.3) is 5.91 Å². The number of nitrogens with one attached hydrogen (secondary N) is 2. The molecule has 0 spiro atoms. The predicted molar refractivity (Wildman–Crippen MR) is 96.9 cm³/mol. The van der Waals surface area contributed by atoms with Crippen molar-refractivity contribution >= 4 is 29.1 Å². The number of benzene rings is 1. The molecule has 0 atom stereocenters. The number of anilines is 2. The van der Waals surface area contributed by atoms with Crippen LogP contribution in [0.3, 0.4) is 0 Å². The van der Waals surface area contributed by atoms with Crippen LogP contribution in [0, 0.1) is 0 Å². The maximum atomic E-state index is 12.0. The SMILES string of the molecule is O=C(CCCNC(=O)c1ccco1)Nc1ccc(N2CCCC2=O)cc1. The van der Waals surface area contributed by atoms with Gasteiger partial charge in [0.2, 0.25) is 11.8 Å². The highest BCUT2D eigenvalue weighted by molar-refractivity contribution is 5.96. The van der Waals surface area contributed by atoms with Gasteiger partial charge in [-0.3, -0.25) is 14.4 Å². The fourth-order valence-corrected chi connectivity index (χ4v) is 2.82. The number of hydrogen-bond donors (Lipinski definition) is 2. The Hall–Kier alpha value is -3.09. The highest BCUT2D eigenvalue weighted by Gasteiger charge is 2.21. The number of carbonyl (C=O) groups is 3. The third-order valence-corrected chi connectivity index (χ3v) is 4.15. The Balaban J connectivity index is 1.39. The van der Waals surface area contributed by atoms with Crippen LogP contribution in [0.5, 0.6) is 0 Å². The van der Waals surface area contributed by atoms with Gasteiger partial charge in [-0.2, -0.15) is 0 Å². The number of amides is 3. The third kappa shape index (κ3) is 4.50. The van der Waals surface area contributed by atoms with Crippen molar-refractivity contribution in [1.29, 1.82) is 0 Å². The van der Waals surface area contributed by atoms with Crippen molar-refractivity contribution in [2.24, 2.45) is 0 Å². The predicted octanol–water partition coefficient (Wildman–Crippen LogP) is 2.56. The Morgan fingerprint density at radius 1 is 1.15 bits per heavy atom. The molecular formula is C19H21N3O4. The molecule has 136 valence electrons. The minimum absolute atomic E-state index is 0.123. The van der Waals surface area contributed by atoms with Gasteiger partial charge < -0.3 is 20.0 Å². The molecule has 7 nitrogen and oxygen atoms in total. The van der Waals surface area contributed by atoms with Crippen molar-refractivity contribution in [3.05, 3.63) is 48.4 Å². The van der Waals surface area contributed by atoms with E-state index < -0.39 is 0 Å². The van der Waals surface area contributed by atoms with Gasteiger partial charge in [0, 0.05) is 37.3 Å². The number of carbonyl (C=O) groups excluding carboxylic acids is 3. The van der Waals surface area contributed by atoms with Gasteiger partial charge in [-0.15, -0.1) is 0 Å². The molecule has 3 rings (SSSR count). The molecule has 0 aliphatic carbocycles. The Morgan fingerprint density at radius 2 is 1.96 bits per heavy atom. The summed E-state index contributed by atoms with van der Waals surface area (Å²) >= 11 is 0. The summed E-state index contributed by atoms with van der Waals surface area (Å²) in [7, 11) is 0. The first-order valence-electron chi connectivity index (χ1n) is 8.65. The summed E-state index contributed by atoms with van der Waals surface area (Å²) < 4.78 is 4.99. The summed E-state index contributed by atoms with van der Waals surface area (Å²) in [6.07, 6.45) is 3.74. The molecule has 0 unspecified atom stereocenters. The quantitative estimate of drug-likeness (QED) is 0.747. The van der Waals surface area contributed by atoms with Crippen LogP contribution in [0.2, 0.25) is 0 Å². The normalized spacial score (nSPS) is 13.7. The van der Waals surface area contributed by atoms with Gasteiger partial charge in [0.15, 0.2) is 5.76 Å². The second-order valence-corrected chi connectivity index (χ2v) is 6.08. The van der Waals surface area contributed by atoms with Crippen LogP contribution in [-0.4, -0.2) is 30.8 Å². The van der Waals surface area contributed by atoms with E-state index in [-0.39, 0.29) is 23.5 Å². The van der Waals surface area contributed by atoms with Gasteiger partial charge in [0.05, 0.1) is 6.26 Å². The van der Waals surface area contributed by atoms with E-state index in [0.717, 1.165) is 18.7 Å². The van der Waals surface area contributed by atoms with Crippen molar-refractivity contribution in [3.8, 4) is 0 Å². The van der Waals surface area contributed by atoms with Gasteiger partial charge in [-0.25, -0.2) is 0 Å². The molecule has 3 amide bonds. The number of hydrogen-bond acceptors (Lipinski definition) is 4. The van der Waals surface area contributed by atoms with Crippen LogP contribution in [0.25, 0.3) is 0 Å². The molecule has 1 saturated heterocycles. The molecule has 1 aromatic heterocycles.